The van der Waals surface area contributed by atoms with Gasteiger partial charge in [-0.2, -0.15) is 0 Å². The minimum atomic E-state index is 0.819. The van der Waals surface area contributed by atoms with Crippen LogP contribution in [0.2, 0.25) is 0 Å². The van der Waals surface area contributed by atoms with E-state index in [4.69, 9.17) is 4.42 Å². The summed E-state index contributed by atoms with van der Waals surface area (Å²) in [6, 6.07) is 14.1. The highest BCUT2D eigenvalue weighted by Crippen LogP contribution is 2.27. The molecule has 0 spiro atoms. The molecule has 78 valence electrons. The van der Waals surface area contributed by atoms with E-state index in [0.29, 0.717) is 0 Å². The van der Waals surface area contributed by atoms with Gasteiger partial charge in [0.15, 0.2) is 5.76 Å². The van der Waals surface area contributed by atoms with Gasteiger partial charge < -0.3 is 4.42 Å². The van der Waals surface area contributed by atoms with Gasteiger partial charge in [-0.05, 0) is 30.5 Å². The Morgan fingerprint density at radius 3 is 2.75 bits per heavy atom. The van der Waals surface area contributed by atoms with Gasteiger partial charge in [-0.25, -0.2) is 4.98 Å². The molecule has 0 amide bonds. The topological polar surface area (TPSA) is 26.0 Å². The van der Waals surface area contributed by atoms with E-state index in [9.17, 15) is 0 Å². The van der Waals surface area contributed by atoms with Crippen molar-refractivity contribution in [2.24, 2.45) is 0 Å². The van der Waals surface area contributed by atoms with Gasteiger partial charge in [0.05, 0.1) is 6.26 Å². The third-order valence-electron chi connectivity index (χ3n) is 2.62. The fraction of sp³-hybridized carbons (Fsp3) is 0.0714. The average Bonchev–Trinajstić information content (AvgIpc) is 2.81. The predicted octanol–water partition coefficient (Wildman–Crippen LogP) is 3.80. The smallest absolute Gasteiger partial charge is 0.152 e. The number of pyridine rings is 1. The zero-order chi connectivity index (χ0) is 11.0. The average molecular weight is 209 g/mol. The van der Waals surface area contributed by atoms with Crippen LogP contribution >= 0.6 is 0 Å². The quantitative estimate of drug-likeness (QED) is 0.609. The van der Waals surface area contributed by atoms with Crippen molar-refractivity contribution in [3.8, 4) is 11.5 Å². The number of fused-ring (bicyclic) bond motifs is 1. The SMILES string of the molecule is Cc1cc2ccccc2c(-c2ccco2)n1. The zero-order valence-electron chi connectivity index (χ0n) is 8.97. The molecule has 2 aromatic heterocycles. The highest BCUT2D eigenvalue weighted by molar-refractivity contribution is 5.93. The maximum atomic E-state index is 5.42. The lowest BCUT2D eigenvalue weighted by molar-refractivity contribution is 0.580. The lowest BCUT2D eigenvalue weighted by Gasteiger charge is -2.04. The molecular formula is C14H11NO. The predicted molar refractivity (Wildman–Crippen MR) is 64.2 cm³/mol. The Labute approximate surface area is 93.5 Å². The third kappa shape index (κ3) is 1.39. The van der Waals surface area contributed by atoms with E-state index in [0.717, 1.165) is 22.5 Å². The minimum Gasteiger partial charge on any atom is -0.463 e. The van der Waals surface area contributed by atoms with Crippen molar-refractivity contribution < 1.29 is 4.42 Å². The summed E-state index contributed by atoms with van der Waals surface area (Å²) in [7, 11) is 0. The molecule has 1 aromatic carbocycles. The Balaban J connectivity index is 2.39. The van der Waals surface area contributed by atoms with Gasteiger partial charge in [0.2, 0.25) is 0 Å². The van der Waals surface area contributed by atoms with Crippen LogP contribution in [-0.2, 0) is 0 Å². The molecule has 0 fully saturated rings. The molecule has 2 nitrogen and oxygen atoms in total. The van der Waals surface area contributed by atoms with E-state index in [-0.39, 0.29) is 0 Å². The highest BCUT2D eigenvalue weighted by atomic mass is 16.3. The summed E-state index contributed by atoms with van der Waals surface area (Å²) in [6.45, 7) is 2.00. The van der Waals surface area contributed by atoms with Crippen molar-refractivity contribution in [3.63, 3.8) is 0 Å². The van der Waals surface area contributed by atoms with E-state index in [1.165, 1.54) is 5.39 Å². The van der Waals surface area contributed by atoms with Gasteiger partial charge in [-0.15, -0.1) is 0 Å². The van der Waals surface area contributed by atoms with Gasteiger partial charge in [0, 0.05) is 11.1 Å². The number of hydrogen-bond donors (Lipinski definition) is 0. The molecule has 0 saturated carbocycles. The number of hydrogen-bond acceptors (Lipinski definition) is 2. The van der Waals surface area contributed by atoms with E-state index in [1.807, 2.05) is 31.2 Å². The van der Waals surface area contributed by atoms with E-state index in [1.54, 1.807) is 6.26 Å². The highest BCUT2D eigenvalue weighted by Gasteiger charge is 2.08. The van der Waals surface area contributed by atoms with Crippen LogP contribution in [0, 0.1) is 6.92 Å². The first-order valence-corrected chi connectivity index (χ1v) is 5.25. The molecule has 16 heavy (non-hydrogen) atoms. The zero-order valence-corrected chi connectivity index (χ0v) is 8.97. The Hall–Kier alpha value is -2.09. The molecule has 0 aliphatic rings. The first kappa shape index (κ1) is 9.16. The molecule has 0 unspecified atom stereocenters. The van der Waals surface area contributed by atoms with Crippen LogP contribution in [0.1, 0.15) is 5.69 Å². The van der Waals surface area contributed by atoms with Gasteiger partial charge in [0.1, 0.15) is 5.69 Å². The molecular weight excluding hydrogens is 198 g/mol. The van der Waals surface area contributed by atoms with Gasteiger partial charge in [-0.3, -0.25) is 0 Å². The maximum Gasteiger partial charge on any atom is 0.152 e. The number of rotatable bonds is 1. The lowest BCUT2D eigenvalue weighted by atomic mass is 10.1. The summed E-state index contributed by atoms with van der Waals surface area (Å²) in [5.41, 5.74) is 1.92. The molecule has 3 aromatic rings. The minimum absolute atomic E-state index is 0.819. The van der Waals surface area contributed by atoms with Crippen LogP contribution < -0.4 is 0 Å². The van der Waals surface area contributed by atoms with Crippen LogP contribution in [0.15, 0.2) is 53.1 Å². The van der Waals surface area contributed by atoms with Gasteiger partial charge in [-0.1, -0.05) is 24.3 Å². The summed E-state index contributed by atoms with van der Waals surface area (Å²) < 4.78 is 5.42. The number of furan rings is 1. The second-order valence-corrected chi connectivity index (χ2v) is 3.81. The molecule has 0 N–H and O–H groups in total. The number of aryl methyl sites for hydroxylation is 1. The Bertz CT molecular complexity index is 626. The first-order chi connectivity index (χ1) is 7.84. The molecule has 0 aliphatic carbocycles. The maximum absolute atomic E-state index is 5.42. The molecule has 0 bridgehead atoms. The van der Waals surface area contributed by atoms with Crippen LogP contribution in [0.4, 0.5) is 0 Å². The molecule has 0 radical (unpaired) electrons. The van der Waals surface area contributed by atoms with Crippen molar-refractivity contribution in [1.29, 1.82) is 0 Å². The normalized spacial score (nSPS) is 10.8. The second-order valence-electron chi connectivity index (χ2n) is 3.81. The van der Waals surface area contributed by atoms with Crippen LogP contribution in [0.3, 0.4) is 0 Å². The molecule has 3 rings (SSSR count). The molecule has 2 heterocycles. The van der Waals surface area contributed by atoms with Crippen LogP contribution in [-0.4, -0.2) is 4.98 Å². The summed E-state index contributed by atoms with van der Waals surface area (Å²) in [5, 5.41) is 2.32. The van der Waals surface area contributed by atoms with Crippen molar-refractivity contribution in [2.45, 2.75) is 6.92 Å². The van der Waals surface area contributed by atoms with Crippen molar-refractivity contribution >= 4 is 10.8 Å². The number of nitrogens with zero attached hydrogens (tertiary/aromatic N) is 1. The Morgan fingerprint density at radius 1 is 1.06 bits per heavy atom. The summed E-state index contributed by atoms with van der Waals surface area (Å²) in [4.78, 5) is 4.55. The van der Waals surface area contributed by atoms with Gasteiger partial charge in [0.25, 0.3) is 0 Å². The molecule has 2 heteroatoms. The fourth-order valence-electron chi connectivity index (χ4n) is 1.93. The first-order valence-electron chi connectivity index (χ1n) is 5.25. The van der Waals surface area contributed by atoms with E-state index >= 15 is 0 Å². The number of benzene rings is 1. The standard InChI is InChI=1S/C14H11NO/c1-10-9-11-5-2-3-6-12(11)14(15-10)13-7-4-8-16-13/h2-9H,1H3. The summed E-state index contributed by atoms with van der Waals surface area (Å²) >= 11 is 0. The van der Waals surface area contributed by atoms with Crippen molar-refractivity contribution in [3.05, 3.63) is 54.4 Å². The van der Waals surface area contributed by atoms with Crippen LogP contribution in [0.25, 0.3) is 22.2 Å². The van der Waals surface area contributed by atoms with Crippen molar-refractivity contribution in [2.75, 3.05) is 0 Å². The third-order valence-corrected chi connectivity index (χ3v) is 2.62. The monoisotopic (exact) mass is 209 g/mol. The second kappa shape index (κ2) is 3.49. The fourth-order valence-corrected chi connectivity index (χ4v) is 1.93. The molecule has 0 aliphatic heterocycles. The molecule has 0 atom stereocenters. The molecule has 0 saturated heterocycles. The van der Waals surface area contributed by atoms with E-state index < -0.39 is 0 Å². The summed E-state index contributed by atoms with van der Waals surface area (Å²) in [6.07, 6.45) is 1.67. The summed E-state index contributed by atoms with van der Waals surface area (Å²) in [5.74, 6) is 0.819. The lowest BCUT2D eigenvalue weighted by Crippen LogP contribution is -1.88. The van der Waals surface area contributed by atoms with Gasteiger partial charge >= 0.3 is 0 Å². The Kier molecular flexibility index (Phi) is 2.00. The van der Waals surface area contributed by atoms with Crippen LogP contribution in [0.5, 0.6) is 0 Å². The van der Waals surface area contributed by atoms with Crippen molar-refractivity contribution in [1.82, 2.24) is 4.98 Å². The largest absolute Gasteiger partial charge is 0.463 e. The Morgan fingerprint density at radius 2 is 1.94 bits per heavy atom. The van der Waals surface area contributed by atoms with E-state index in [2.05, 4.69) is 23.2 Å². The number of aromatic nitrogens is 1.